The van der Waals surface area contributed by atoms with Crippen molar-refractivity contribution in [3.63, 3.8) is 0 Å². The van der Waals surface area contributed by atoms with Gasteiger partial charge >= 0.3 is 5.97 Å². The summed E-state index contributed by atoms with van der Waals surface area (Å²) in [6.07, 6.45) is 4.45. The number of esters is 1. The molecule has 3 amide bonds. The lowest BCUT2D eigenvalue weighted by Gasteiger charge is -2.39. The van der Waals surface area contributed by atoms with Crippen molar-refractivity contribution in [3.8, 4) is 0 Å². The van der Waals surface area contributed by atoms with E-state index >= 15 is 0 Å². The van der Waals surface area contributed by atoms with Crippen molar-refractivity contribution in [3.05, 3.63) is 97.1 Å². The van der Waals surface area contributed by atoms with Gasteiger partial charge in [0.25, 0.3) is 0 Å². The number of aliphatic hydroxyl groups excluding tert-OH is 1. The monoisotopic (exact) mass is 735 g/mol. The molecule has 10 nitrogen and oxygen atoms in total. The summed E-state index contributed by atoms with van der Waals surface area (Å²) in [7, 11) is 0. The Balaban J connectivity index is 1.52. The predicted molar refractivity (Wildman–Crippen MR) is 188 cm³/mol. The molecule has 2 bridgehead atoms. The molecule has 1 unspecified atom stereocenters. The maximum absolute atomic E-state index is 14.8. The molecule has 8 atom stereocenters. The fourth-order valence-corrected chi connectivity index (χ4v) is 8.54. The van der Waals surface area contributed by atoms with Crippen LogP contribution in [0.25, 0.3) is 0 Å². The van der Waals surface area contributed by atoms with Gasteiger partial charge in [0.2, 0.25) is 17.7 Å². The third-order valence-electron chi connectivity index (χ3n) is 9.86. The van der Waals surface area contributed by atoms with Gasteiger partial charge in [-0.15, -0.1) is 13.2 Å². The number of amides is 3. The fourth-order valence-electron chi connectivity index (χ4n) is 7.59. The topological polar surface area (TPSA) is 125 Å². The smallest absolute Gasteiger partial charge is 0.313 e. The zero-order valence-electron chi connectivity index (χ0n) is 27.9. The minimum atomic E-state index is -1.34. The summed E-state index contributed by atoms with van der Waals surface area (Å²) < 4.78 is 12.9. The van der Waals surface area contributed by atoms with Crippen LogP contribution >= 0.6 is 15.9 Å². The van der Waals surface area contributed by atoms with Crippen molar-refractivity contribution in [2.24, 2.45) is 11.8 Å². The maximum atomic E-state index is 14.8. The Labute approximate surface area is 296 Å². The first-order valence-electron chi connectivity index (χ1n) is 17.0. The van der Waals surface area contributed by atoms with E-state index in [1.165, 1.54) is 4.90 Å². The predicted octanol–water partition coefficient (Wildman–Crippen LogP) is 4.65. The number of carbonyl (C=O) groups is 4. The Hall–Kier alpha value is -3.80. The van der Waals surface area contributed by atoms with Gasteiger partial charge in [0.15, 0.2) is 0 Å². The lowest BCUT2D eigenvalue weighted by Crippen LogP contribution is -2.57. The van der Waals surface area contributed by atoms with Crippen LogP contribution in [0, 0.1) is 11.8 Å². The summed E-state index contributed by atoms with van der Waals surface area (Å²) in [4.78, 5) is 59.1. The summed E-state index contributed by atoms with van der Waals surface area (Å²) in [6.45, 7) is 9.89. The second kappa shape index (κ2) is 16.3. The largest absolute Gasteiger partial charge is 0.455 e. The van der Waals surface area contributed by atoms with Crippen LogP contribution in [-0.2, 0) is 28.7 Å². The van der Waals surface area contributed by atoms with Crippen molar-refractivity contribution in [2.75, 3.05) is 26.2 Å². The van der Waals surface area contributed by atoms with Crippen molar-refractivity contribution in [1.29, 1.82) is 0 Å². The third kappa shape index (κ3) is 7.25. The molecule has 1 spiro atoms. The van der Waals surface area contributed by atoms with Crippen molar-refractivity contribution < 1.29 is 33.8 Å². The number of halogens is 1. The molecule has 3 heterocycles. The highest BCUT2D eigenvalue weighted by Gasteiger charge is 2.77. The Kier molecular flexibility index (Phi) is 12.1. The molecule has 49 heavy (non-hydrogen) atoms. The number of likely N-dealkylation sites (tertiary alicyclic amines) is 1. The third-order valence-corrected chi connectivity index (χ3v) is 10.7. The van der Waals surface area contributed by atoms with E-state index in [0.29, 0.717) is 30.5 Å². The normalized spacial score (nSPS) is 26.5. The maximum Gasteiger partial charge on any atom is 0.313 e. The van der Waals surface area contributed by atoms with Gasteiger partial charge < -0.3 is 29.7 Å². The molecule has 0 aliphatic carbocycles. The van der Waals surface area contributed by atoms with E-state index in [0.717, 1.165) is 12.8 Å². The molecule has 0 aromatic heterocycles. The molecule has 3 fully saturated rings. The minimum absolute atomic E-state index is 0.0350. The molecule has 0 saturated carbocycles. The van der Waals surface area contributed by atoms with Crippen LogP contribution in [0.4, 0.5) is 0 Å². The van der Waals surface area contributed by atoms with Crippen LogP contribution in [-0.4, -0.2) is 87.4 Å². The van der Waals surface area contributed by atoms with Crippen LogP contribution in [0.15, 0.2) is 86.0 Å². The summed E-state index contributed by atoms with van der Waals surface area (Å²) in [5, 5.41) is 13.6. The van der Waals surface area contributed by atoms with E-state index in [-0.39, 0.29) is 36.2 Å². The number of nitrogens with one attached hydrogen (secondary N) is 1. The van der Waals surface area contributed by atoms with Crippen molar-refractivity contribution in [2.45, 2.75) is 73.7 Å². The Morgan fingerprint density at radius 1 is 1.12 bits per heavy atom. The molecule has 5 rings (SSSR count). The molecule has 3 saturated heterocycles. The van der Waals surface area contributed by atoms with E-state index in [9.17, 15) is 24.3 Å². The number of rotatable bonds is 17. The van der Waals surface area contributed by atoms with Crippen LogP contribution in [0.3, 0.4) is 0 Å². The summed E-state index contributed by atoms with van der Waals surface area (Å²) in [6, 6.07) is 16.3. The highest BCUT2D eigenvalue weighted by Crippen LogP contribution is 2.61. The zero-order valence-corrected chi connectivity index (χ0v) is 29.5. The second-order valence-electron chi connectivity index (χ2n) is 12.9. The number of hydrogen-bond acceptors (Lipinski definition) is 7. The number of hydrogen-bond donors (Lipinski definition) is 2. The number of unbranched alkanes of at least 4 members (excludes halogenated alkanes) is 1. The lowest BCUT2D eigenvalue weighted by molar-refractivity contribution is -0.161. The van der Waals surface area contributed by atoms with Gasteiger partial charge in [-0.05, 0) is 30.4 Å². The van der Waals surface area contributed by atoms with Crippen LogP contribution in [0.5, 0.6) is 0 Å². The second-order valence-corrected chi connectivity index (χ2v) is 14.1. The van der Waals surface area contributed by atoms with Gasteiger partial charge in [-0.25, -0.2) is 0 Å². The van der Waals surface area contributed by atoms with Gasteiger partial charge in [0, 0.05) is 24.3 Å². The number of allylic oxidation sites excluding steroid dienone is 1. The molecular weight excluding hydrogens is 690 g/mol. The number of carbonyl (C=O) groups excluding carboxylic acids is 4. The molecular formula is C38H46BrN3O7. The fraction of sp³-hybridized carbons (Fsp3) is 0.474. The van der Waals surface area contributed by atoms with Crippen LogP contribution in [0.2, 0.25) is 0 Å². The number of nitrogens with zero attached hydrogens (tertiary/aromatic N) is 2. The van der Waals surface area contributed by atoms with Crippen molar-refractivity contribution in [1.82, 2.24) is 15.1 Å². The number of ether oxygens (including phenoxy) is 2. The average molecular weight is 737 g/mol. The summed E-state index contributed by atoms with van der Waals surface area (Å²) >= 11 is 3.73. The van der Waals surface area contributed by atoms with E-state index < -0.39 is 60.2 Å². The van der Waals surface area contributed by atoms with Crippen LogP contribution < -0.4 is 5.32 Å². The average Bonchev–Trinajstić information content (AvgIpc) is 3.71. The Morgan fingerprint density at radius 2 is 1.80 bits per heavy atom. The number of aliphatic hydroxyl groups is 1. The minimum Gasteiger partial charge on any atom is -0.455 e. The zero-order chi connectivity index (χ0) is 35.1. The van der Waals surface area contributed by atoms with E-state index in [2.05, 4.69) is 34.4 Å². The van der Waals surface area contributed by atoms with E-state index in [1.54, 1.807) is 17.1 Å². The summed E-state index contributed by atoms with van der Waals surface area (Å²) in [5.74, 6) is -3.66. The van der Waals surface area contributed by atoms with Gasteiger partial charge in [0.1, 0.15) is 17.7 Å². The molecule has 3 aliphatic heterocycles. The molecule has 2 N–H and O–H groups in total. The molecule has 262 valence electrons. The first kappa shape index (κ1) is 36.5. The van der Waals surface area contributed by atoms with Crippen LogP contribution in [0.1, 0.15) is 62.3 Å². The molecule has 0 radical (unpaired) electrons. The van der Waals surface area contributed by atoms with Gasteiger partial charge in [-0.1, -0.05) is 102 Å². The number of fused-ring (bicyclic) bond motifs is 1. The molecule has 3 aliphatic rings. The number of alkyl halides is 1. The molecule has 11 heteroatoms. The quantitative estimate of drug-likeness (QED) is 0.138. The van der Waals surface area contributed by atoms with E-state index in [4.69, 9.17) is 9.47 Å². The lowest BCUT2D eigenvalue weighted by atomic mass is 9.70. The molecule has 2 aromatic rings. The Bertz CT molecular complexity index is 1510. The summed E-state index contributed by atoms with van der Waals surface area (Å²) in [5.41, 5.74) is 0.00437. The standard InChI is InChI=1S/C38H46BrN3O7/c1-4-7-19-30(44)40-23-29(26-17-13-10-14-18-26)48-37(47)31-32-35(45)42(28(24-43)25-15-11-9-12-16-25)34(38(32)22-27(39)33(31)49-38)36(46)41(20-6-3)21-8-5-2/h4,6,9-18,27-29,31-34,43H,1,3,5,7-8,19-24H2,2H3,(H,40,44)/t27?,28-,29+,31-,32+,33-,34-,38+/m1/s1. The van der Waals surface area contributed by atoms with Crippen molar-refractivity contribution >= 4 is 39.6 Å². The SMILES string of the molecule is C=CCCC(=O)NC[C@H](OC(=O)[C@H]1[C@@H]2O[C@@]3(CC2Br)[C@@H]1C(=O)N([C@H](CO)c1ccccc1)[C@@H]3C(=O)N(CC=C)CCCC)c1ccccc1. The Morgan fingerprint density at radius 3 is 2.41 bits per heavy atom. The highest BCUT2D eigenvalue weighted by molar-refractivity contribution is 9.09. The van der Waals surface area contributed by atoms with Gasteiger partial charge in [-0.3, -0.25) is 19.2 Å². The first-order valence-corrected chi connectivity index (χ1v) is 18.0. The van der Waals surface area contributed by atoms with Gasteiger partial charge in [-0.2, -0.15) is 0 Å². The van der Waals surface area contributed by atoms with Gasteiger partial charge in [0.05, 0.1) is 37.1 Å². The van der Waals surface area contributed by atoms with E-state index in [1.807, 2.05) is 67.6 Å². The molecule has 2 aromatic carbocycles. The highest BCUT2D eigenvalue weighted by atomic mass is 79.9. The number of benzene rings is 2. The first-order chi connectivity index (χ1) is 23.7.